The number of carbonyl (C=O) groups excluding carboxylic acids is 1. The van der Waals surface area contributed by atoms with Crippen LogP contribution in [0.2, 0.25) is 0 Å². The zero-order chi connectivity index (χ0) is 15.4. The number of rotatable bonds is 5. The van der Waals surface area contributed by atoms with Gasteiger partial charge in [0.25, 0.3) is 0 Å². The number of hydrogen-bond acceptors (Lipinski definition) is 4. The first-order valence-corrected chi connectivity index (χ1v) is 8.56. The van der Waals surface area contributed by atoms with Crippen molar-refractivity contribution in [3.63, 3.8) is 0 Å². The summed E-state index contributed by atoms with van der Waals surface area (Å²) in [5, 5.41) is 6.23. The summed E-state index contributed by atoms with van der Waals surface area (Å²) in [6, 6.07) is 7.92. The lowest BCUT2D eigenvalue weighted by Crippen LogP contribution is -2.38. The number of nitrogens with one attached hydrogen (secondary N) is 1. The van der Waals surface area contributed by atoms with Gasteiger partial charge in [0.2, 0.25) is 5.91 Å². The Morgan fingerprint density at radius 2 is 2.32 bits per heavy atom. The van der Waals surface area contributed by atoms with E-state index in [0.717, 1.165) is 41.3 Å². The van der Waals surface area contributed by atoms with E-state index in [9.17, 15) is 4.79 Å². The molecular weight excluding hydrogens is 296 g/mol. The van der Waals surface area contributed by atoms with E-state index in [1.807, 2.05) is 24.3 Å². The lowest BCUT2D eigenvalue weighted by molar-refractivity contribution is -0.126. The second-order valence-corrected chi connectivity index (χ2v) is 6.39. The van der Waals surface area contributed by atoms with Gasteiger partial charge in [-0.1, -0.05) is 25.1 Å². The van der Waals surface area contributed by atoms with Crippen LogP contribution in [-0.4, -0.2) is 24.0 Å². The minimum absolute atomic E-state index is 0.0699. The number of amides is 1. The van der Waals surface area contributed by atoms with E-state index < -0.39 is 0 Å². The van der Waals surface area contributed by atoms with Crippen molar-refractivity contribution in [1.82, 2.24) is 10.3 Å². The summed E-state index contributed by atoms with van der Waals surface area (Å²) < 4.78 is 5.67. The third-order valence-electron chi connectivity index (χ3n) is 3.83. The summed E-state index contributed by atoms with van der Waals surface area (Å²) in [6.07, 6.45) is 2.50. The van der Waals surface area contributed by atoms with Crippen molar-refractivity contribution in [1.29, 1.82) is 0 Å². The van der Waals surface area contributed by atoms with Gasteiger partial charge in [-0.2, -0.15) is 0 Å². The summed E-state index contributed by atoms with van der Waals surface area (Å²) >= 11 is 1.68. The minimum Gasteiger partial charge on any atom is -0.492 e. The number of para-hydroxylation sites is 1. The Morgan fingerprint density at radius 3 is 3.14 bits per heavy atom. The number of nitrogens with zero attached hydrogens (tertiary/aromatic N) is 1. The first-order chi connectivity index (χ1) is 10.8. The topological polar surface area (TPSA) is 51.2 Å². The van der Waals surface area contributed by atoms with Gasteiger partial charge in [0.15, 0.2) is 0 Å². The Morgan fingerprint density at radius 1 is 1.45 bits per heavy atom. The van der Waals surface area contributed by atoms with Gasteiger partial charge in [-0.15, -0.1) is 11.3 Å². The summed E-state index contributed by atoms with van der Waals surface area (Å²) in [7, 11) is 0. The summed E-state index contributed by atoms with van der Waals surface area (Å²) in [5.74, 6) is 0.873. The molecule has 0 saturated heterocycles. The Balaban J connectivity index is 1.48. The Hall–Kier alpha value is -1.88. The fourth-order valence-corrected chi connectivity index (χ4v) is 3.36. The highest BCUT2D eigenvalue weighted by atomic mass is 32.1. The van der Waals surface area contributed by atoms with Crippen molar-refractivity contribution in [3.8, 4) is 5.75 Å². The molecule has 116 valence electrons. The predicted molar refractivity (Wildman–Crippen MR) is 87.3 cm³/mol. The van der Waals surface area contributed by atoms with Gasteiger partial charge in [-0.25, -0.2) is 4.98 Å². The molecule has 1 aliphatic rings. The molecule has 2 aromatic rings. The molecule has 1 aromatic carbocycles. The van der Waals surface area contributed by atoms with Gasteiger partial charge in [-0.05, 0) is 24.5 Å². The molecule has 0 aliphatic carbocycles. The lowest BCUT2D eigenvalue weighted by atomic mass is 9.96. The lowest BCUT2D eigenvalue weighted by Gasteiger charge is -2.24. The van der Waals surface area contributed by atoms with E-state index in [1.54, 1.807) is 11.3 Å². The number of ether oxygens (including phenoxy) is 1. The molecule has 0 saturated carbocycles. The molecule has 0 bridgehead atoms. The maximum atomic E-state index is 12.3. The standard InChI is InChI=1S/C17H20N2O2S/c1-2-16-19-14(11-22-16)7-8-18-17(20)13-9-12-5-3-4-6-15(12)21-10-13/h3-6,11,13H,2,7-10H2,1H3,(H,18,20)/t13-/m1/s1. The van der Waals surface area contributed by atoms with Crippen LogP contribution in [0.3, 0.4) is 0 Å². The molecular formula is C17H20N2O2S. The number of benzene rings is 1. The van der Waals surface area contributed by atoms with Crippen molar-refractivity contribution in [3.05, 3.63) is 45.9 Å². The molecule has 1 amide bonds. The van der Waals surface area contributed by atoms with Crippen molar-refractivity contribution in [2.24, 2.45) is 5.92 Å². The Bertz CT molecular complexity index is 654. The summed E-state index contributed by atoms with van der Waals surface area (Å²) in [6.45, 7) is 3.19. The quantitative estimate of drug-likeness (QED) is 0.922. The van der Waals surface area contributed by atoms with E-state index in [2.05, 4.69) is 22.6 Å². The first-order valence-electron chi connectivity index (χ1n) is 7.68. The van der Waals surface area contributed by atoms with Crippen LogP contribution >= 0.6 is 11.3 Å². The number of thiazole rings is 1. The van der Waals surface area contributed by atoms with E-state index in [4.69, 9.17) is 4.74 Å². The number of carbonyl (C=O) groups is 1. The third kappa shape index (κ3) is 3.47. The predicted octanol–water partition coefficient (Wildman–Crippen LogP) is 2.62. The number of aromatic nitrogens is 1. The average molecular weight is 316 g/mol. The van der Waals surface area contributed by atoms with Gasteiger partial charge in [0.1, 0.15) is 12.4 Å². The van der Waals surface area contributed by atoms with E-state index in [1.165, 1.54) is 0 Å². The monoisotopic (exact) mass is 316 g/mol. The van der Waals surface area contributed by atoms with Crippen LogP contribution in [0.5, 0.6) is 5.75 Å². The van der Waals surface area contributed by atoms with Gasteiger partial charge < -0.3 is 10.1 Å². The first kappa shape index (κ1) is 15.0. The maximum absolute atomic E-state index is 12.3. The fraction of sp³-hybridized carbons (Fsp3) is 0.412. The second kappa shape index (κ2) is 6.92. The largest absolute Gasteiger partial charge is 0.492 e. The number of aryl methyl sites for hydroxylation is 1. The Labute approximate surface area is 134 Å². The molecule has 1 aromatic heterocycles. The van der Waals surface area contributed by atoms with E-state index >= 15 is 0 Å². The van der Waals surface area contributed by atoms with Crippen molar-refractivity contribution in [2.45, 2.75) is 26.2 Å². The molecule has 2 heterocycles. The fourth-order valence-electron chi connectivity index (χ4n) is 2.58. The van der Waals surface area contributed by atoms with Crippen LogP contribution < -0.4 is 10.1 Å². The molecule has 0 unspecified atom stereocenters. The molecule has 0 radical (unpaired) electrons. The highest BCUT2D eigenvalue weighted by Gasteiger charge is 2.25. The number of fused-ring (bicyclic) bond motifs is 1. The summed E-state index contributed by atoms with van der Waals surface area (Å²) in [4.78, 5) is 16.8. The average Bonchev–Trinajstić information content (AvgIpc) is 3.02. The highest BCUT2D eigenvalue weighted by molar-refractivity contribution is 7.09. The van der Waals surface area contributed by atoms with Gasteiger partial charge in [0, 0.05) is 18.3 Å². The van der Waals surface area contributed by atoms with Crippen LogP contribution in [0.1, 0.15) is 23.2 Å². The molecule has 1 atom stereocenters. The van der Waals surface area contributed by atoms with Crippen LogP contribution in [0.4, 0.5) is 0 Å². The molecule has 0 fully saturated rings. The molecule has 3 rings (SSSR count). The normalized spacial score (nSPS) is 16.7. The van der Waals surface area contributed by atoms with Crippen molar-refractivity contribution >= 4 is 17.2 Å². The highest BCUT2D eigenvalue weighted by Crippen LogP contribution is 2.26. The van der Waals surface area contributed by atoms with Gasteiger partial charge in [0.05, 0.1) is 16.6 Å². The molecule has 1 N–H and O–H groups in total. The zero-order valence-corrected chi connectivity index (χ0v) is 13.5. The van der Waals surface area contributed by atoms with E-state index in [0.29, 0.717) is 13.2 Å². The Kier molecular flexibility index (Phi) is 4.73. The molecule has 5 heteroatoms. The second-order valence-electron chi connectivity index (χ2n) is 5.45. The van der Waals surface area contributed by atoms with Crippen LogP contribution in [0.25, 0.3) is 0 Å². The van der Waals surface area contributed by atoms with E-state index in [-0.39, 0.29) is 11.8 Å². The minimum atomic E-state index is -0.100. The van der Waals surface area contributed by atoms with Gasteiger partial charge in [-0.3, -0.25) is 4.79 Å². The van der Waals surface area contributed by atoms with Crippen LogP contribution in [0.15, 0.2) is 29.6 Å². The molecule has 4 nitrogen and oxygen atoms in total. The van der Waals surface area contributed by atoms with Gasteiger partial charge >= 0.3 is 0 Å². The van der Waals surface area contributed by atoms with Crippen LogP contribution in [0, 0.1) is 5.92 Å². The maximum Gasteiger partial charge on any atom is 0.226 e. The van der Waals surface area contributed by atoms with Crippen molar-refractivity contribution in [2.75, 3.05) is 13.2 Å². The molecule has 22 heavy (non-hydrogen) atoms. The smallest absolute Gasteiger partial charge is 0.226 e. The van der Waals surface area contributed by atoms with Crippen LogP contribution in [-0.2, 0) is 24.1 Å². The molecule has 0 spiro atoms. The van der Waals surface area contributed by atoms with Crippen molar-refractivity contribution < 1.29 is 9.53 Å². The molecule has 1 aliphatic heterocycles. The summed E-state index contributed by atoms with van der Waals surface area (Å²) in [5.41, 5.74) is 2.17. The zero-order valence-electron chi connectivity index (χ0n) is 12.7. The number of hydrogen-bond donors (Lipinski definition) is 1. The third-order valence-corrected chi connectivity index (χ3v) is 4.87. The SMILES string of the molecule is CCc1nc(CCNC(=O)[C@H]2COc3ccccc3C2)cs1.